The summed E-state index contributed by atoms with van der Waals surface area (Å²) in [6, 6.07) is 5.77. The van der Waals surface area contributed by atoms with Crippen LogP contribution in [0, 0.1) is 0 Å². The number of halogens is 4. The fraction of sp³-hybridized carbons (Fsp3) is 0.478. The third-order valence-corrected chi connectivity index (χ3v) is 7.24. The van der Waals surface area contributed by atoms with Gasteiger partial charge in [-0.15, -0.1) is 10.2 Å². The summed E-state index contributed by atoms with van der Waals surface area (Å²) in [6.07, 6.45) is 0.938. The Bertz CT molecular complexity index is 1220. The molecule has 3 aliphatic heterocycles. The summed E-state index contributed by atoms with van der Waals surface area (Å²) in [7, 11) is 0. The molecule has 0 amide bonds. The van der Waals surface area contributed by atoms with Crippen molar-refractivity contribution in [2.75, 3.05) is 55.6 Å². The van der Waals surface area contributed by atoms with Crippen LogP contribution in [0.3, 0.4) is 0 Å². The number of aromatic nitrogens is 5. The van der Waals surface area contributed by atoms with Crippen LogP contribution < -0.4 is 9.80 Å². The Labute approximate surface area is 211 Å². The molecule has 0 aliphatic carbocycles. The highest BCUT2D eigenvalue weighted by atomic mass is 35.5. The number of nitrogens with zero attached hydrogens (tertiary/aromatic N) is 9. The molecule has 2 saturated heterocycles. The molecular weight excluding hydrogens is 495 g/mol. The van der Waals surface area contributed by atoms with Gasteiger partial charge in [0.2, 0.25) is 5.95 Å². The zero-order valence-corrected chi connectivity index (χ0v) is 20.2. The lowest BCUT2D eigenvalue weighted by Crippen LogP contribution is -2.60. The lowest BCUT2D eigenvalue weighted by atomic mass is 10.1. The number of likely N-dealkylation sites (tertiary alicyclic amines) is 1. The molecule has 6 rings (SSSR count). The number of hydrogen-bond acceptors (Lipinski definition) is 8. The second-order valence-corrected chi connectivity index (χ2v) is 9.87. The minimum absolute atomic E-state index is 0.0152. The Morgan fingerprint density at radius 2 is 1.75 bits per heavy atom. The van der Waals surface area contributed by atoms with Crippen LogP contribution in [0.2, 0.25) is 5.02 Å². The van der Waals surface area contributed by atoms with Gasteiger partial charge in [0.15, 0.2) is 5.82 Å². The number of hydrogen-bond donors (Lipinski definition) is 0. The third-order valence-electron chi connectivity index (χ3n) is 7.01. The Morgan fingerprint density at radius 3 is 2.47 bits per heavy atom. The second-order valence-electron chi connectivity index (χ2n) is 9.43. The molecule has 190 valence electrons. The van der Waals surface area contributed by atoms with E-state index in [1.807, 2.05) is 18.2 Å². The second kappa shape index (κ2) is 9.16. The van der Waals surface area contributed by atoms with Crippen molar-refractivity contribution < 1.29 is 13.2 Å². The minimum Gasteiger partial charge on any atom is -0.352 e. The van der Waals surface area contributed by atoms with Crippen molar-refractivity contribution in [2.24, 2.45) is 0 Å². The van der Waals surface area contributed by atoms with Crippen LogP contribution in [-0.2, 0) is 13.1 Å². The Morgan fingerprint density at radius 1 is 0.972 bits per heavy atom. The Hall–Kier alpha value is -2.96. The monoisotopic (exact) mass is 519 g/mol. The average molecular weight is 520 g/mol. The maximum atomic E-state index is 12.8. The highest BCUT2D eigenvalue weighted by molar-refractivity contribution is 6.30. The first-order chi connectivity index (χ1) is 17.3. The molecule has 0 bridgehead atoms. The van der Waals surface area contributed by atoms with E-state index in [9.17, 15) is 13.2 Å². The third kappa shape index (κ3) is 4.60. The predicted molar refractivity (Wildman–Crippen MR) is 128 cm³/mol. The molecule has 36 heavy (non-hydrogen) atoms. The minimum atomic E-state index is -4.18. The van der Waals surface area contributed by atoms with E-state index in [2.05, 4.69) is 39.4 Å². The molecular formula is C23H25ClF3N9. The van der Waals surface area contributed by atoms with Crippen LogP contribution in [0.25, 0.3) is 5.69 Å². The molecule has 1 aromatic carbocycles. The largest absolute Gasteiger partial charge is 0.401 e. The van der Waals surface area contributed by atoms with Crippen LogP contribution in [0.1, 0.15) is 11.4 Å². The average Bonchev–Trinajstić information content (AvgIpc) is 3.17. The number of benzene rings is 1. The van der Waals surface area contributed by atoms with Crippen LogP contribution in [0.15, 0.2) is 36.8 Å². The van der Waals surface area contributed by atoms with E-state index in [-0.39, 0.29) is 6.04 Å². The van der Waals surface area contributed by atoms with E-state index in [4.69, 9.17) is 11.6 Å². The Balaban J connectivity index is 1.24. The quantitative estimate of drug-likeness (QED) is 0.521. The van der Waals surface area contributed by atoms with Gasteiger partial charge in [-0.25, -0.2) is 4.98 Å². The zero-order valence-electron chi connectivity index (χ0n) is 19.4. The van der Waals surface area contributed by atoms with Crippen molar-refractivity contribution in [3.8, 4) is 5.69 Å². The first kappa shape index (κ1) is 23.4. The molecule has 2 aromatic heterocycles. The number of alkyl halides is 3. The van der Waals surface area contributed by atoms with Crippen LogP contribution in [0.5, 0.6) is 0 Å². The van der Waals surface area contributed by atoms with Crippen LogP contribution in [-0.4, -0.2) is 92.6 Å². The molecule has 9 nitrogen and oxygen atoms in total. The maximum Gasteiger partial charge on any atom is 0.401 e. The molecule has 0 saturated carbocycles. The van der Waals surface area contributed by atoms with Gasteiger partial charge in [-0.05, 0) is 23.8 Å². The highest BCUT2D eigenvalue weighted by Crippen LogP contribution is 2.33. The molecule has 3 aliphatic rings. The van der Waals surface area contributed by atoms with Gasteiger partial charge in [0.25, 0.3) is 0 Å². The first-order valence-corrected chi connectivity index (χ1v) is 12.2. The van der Waals surface area contributed by atoms with Crippen LogP contribution >= 0.6 is 11.6 Å². The van der Waals surface area contributed by atoms with Gasteiger partial charge < -0.3 is 9.80 Å². The molecule has 13 heteroatoms. The molecule has 3 aromatic rings. The SMILES string of the molecule is FC(F)(F)CN1CC(N2Cc3cc(Cl)ccc3-n3c(nnc3N3CCN(c4cnccn4)CC3)C2)C1. The number of fused-ring (bicyclic) bond motifs is 3. The van der Waals surface area contributed by atoms with Crippen molar-refractivity contribution in [1.29, 1.82) is 0 Å². The van der Waals surface area contributed by atoms with Gasteiger partial charge in [-0.3, -0.25) is 19.4 Å². The van der Waals surface area contributed by atoms with E-state index in [0.717, 1.165) is 55.0 Å². The lowest BCUT2D eigenvalue weighted by molar-refractivity contribution is -0.161. The van der Waals surface area contributed by atoms with E-state index < -0.39 is 12.7 Å². The summed E-state index contributed by atoms with van der Waals surface area (Å²) >= 11 is 6.35. The molecule has 0 unspecified atom stereocenters. The maximum absolute atomic E-state index is 12.8. The smallest absolute Gasteiger partial charge is 0.352 e. The summed E-state index contributed by atoms with van der Waals surface area (Å²) in [5.74, 6) is 2.39. The van der Waals surface area contributed by atoms with E-state index in [0.29, 0.717) is 31.2 Å². The zero-order chi connectivity index (χ0) is 24.9. The van der Waals surface area contributed by atoms with E-state index in [1.165, 1.54) is 4.90 Å². The number of rotatable bonds is 4. The highest BCUT2D eigenvalue weighted by Gasteiger charge is 2.40. The predicted octanol–water partition coefficient (Wildman–Crippen LogP) is 2.60. The molecule has 0 spiro atoms. The van der Waals surface area contributed by atoms with Crippen molar-refractivity contribution >= 4 is 23.4 Å². The molecule has 2 fully saturated rings. The summed E-state index contributed by atoms with van der Waals surface area (Å²) in [4.78, 5) is 16.6. The normalized spacial score (nSPS) is 19.6. The molecule has 5 heterocycles. The van der Waals surface area contributed by atoms with Gasteiger partial charge in [-0.1, -0.05) is 11.6 Å². The summed E-state index contributed by atoms with van der Waals surface area (Å²) in [5, 5.41) is 9.71. The summed E-state index contributed by atoms with van der Waals surface area (Å²) in [6.45, 7) is 4.01. The van der Waals surface area contributed by atoms with Crippen LogP contribution in [0.4, 0.5) is 24.9 Å². The van der Waals surface area contributed by atoms with Crippen molar-refractivity contribution in [1.82, 2.24) is 34.5 Å². The van der Waals surface area contributed by atoms with E-state index in [1.54, 1.807) is 18.6 Å². The fourth-order valence-corrected chi connectivity index (χ4v) is 5.42. The Kier molecular flexibility index (Phi) is 5.97. The van der Waals surface area contributed by atoms with Gasteiger partial charge in [0, 0.05) is 69.3 Å². The topological polar surface area (TPSA) is 69.5 Å². The molecule has 0 atom stereocenters. The van der Waals surface area contributed by atoms with Gasteiger partial charge >= 0.3 is 6.18 Å². The van der Waals surface area contributed by atoms with Gasteiger partial charge in [-0.2, -0.15) is 13.2 Å². The van der Waals surface area contributed by atoms with E-state index >= 15 is 0 Å². The van der Waals surface area contributed by atoms with Crippen molar-refractivity contribution in [2.45, 2.75) is 25.3 Å². The standard InChI is InChI=1S/C23H25ClF3N9/c24-17-1-2-19-16(9-17)11-35(18-12-32(13-18)15-23(25,26)27)14-21-30-31-22(36(19)21)34-7-5-33(6-8-34)20-10-28-3-4-29-20/h1-4,9-10,18H,5-8,11-15H2. The molecule has 0 N–H and O–H groups in total. The first-order valence-electron chi connectivity index (χ1n) is 11.9. The molecule has 0 radical (unpaired) electrons. The van der Waals surface area contributed by atoms with Crippen molar-refractivity contribution in [3.63, 3.8) is 0 Å². The summed E-state index contributed by atoms with van der Waals surface area (Å²) in [5.41, 5.74) is 1.97. The fourth-order valence-electron chi connectivity index (χ4n) is 5.22. The van der Waals surface area contributed by atoms with Crippen molar-refractivity contribution in [3.05, 3.63) is 53.2 Å². The van der Waals surface area contributed by atoms with Gasteiger partial charge in [0.1, 0.15) is 5.82 Å². The lowest BCUT2D eigenvalue weighted by Gasteiger charge is -2.45. The van der Waals surface area contributed by atoms with Gasteiger partial charge in [0.05, 0.1) is 25.0 Å². The number of piperazine rings is 1. The number of anilines is 2. The summed E-state index contributed by atoms with van der Waals surface area (Å²) < 4.78 is 40.5.